The van der Waals surface area contributed by atoms with Crippen LogP contribution in [0.15, 0.2) is 11.4 Å². The largest absolute Gasteiger partial charge is 0.465 e. The average molecular weight is 263 g/mol. The van der Waals surface area contributed by atoms with Crippen molar-refractivity contribution in [3.05, 3.63) is 16.3 Å². The van der Waals surface area contributed by atoms with E-state index in [9.17, 15) is 9.59 Å². The topological polar surface area (TPSA) is 72.6 Å². The van der Waals surface area contributed by atoms with Crippen molar-refractivity contribution in [1.29, 1.82) is 0 Å². The first-order valence-corrected chi connectivity index (χ1v) is 5.82. The number of carbonyl (C=O) groups is 2. The van der Waals surface area contributed by atoms with E-state index in [1.165, 1.54) is 23.3 Å². The van der Waals surface area contributed by atoms with Gasteiger partial charge in [-0.1, -0.05) is 0 Å². The Labute approximate surface area is 102 Å². The van der Waals surface area contributed by atoms with Crippen LogP contribution in [0.3, 0.4) is 0 Å². The molecule has 0 saturated carbocycles. The highest BCUT2D eigenvalue weighted by atomic mass is 35.5. The van der Waals surface area contributed by atoms with Gasteiger partial charge < -0.3 is 10.5 Å². The molecule has 7 heteroatoms. The van der Waals surface area contributed by atoms with Crippen LogP contribution in [0, 0.1) is 0 Å². The smallest absolute Gasteiger partial charge is 0.350 e. The third-order valence-electron chi connectivity index (χ3n) is 1.88. The number of nitrogens with zero attached hydrogens (tertiary/aromatic N) is 1. The zero-order valence-corrected chi connectivity index (χ0v) is 10.2. The molecule has 0 aliphatic heterocycles. The van der Waals surface area contributed by atoms with E-state index in [-0.39, 0.29) is 12.4 Å². The molecule has 0 atom stereocenters. The number of hydrogen-bond donors (Lipinski definition) is 1. The molecular formula is C9H11ClN2O3S. The number of ether oxygens (including phenoxy) is 1. The van der Waals surface area contributed by atoms with E-state index in [1.807, 2.05) is 0 Å². The number of methoxy groups -OCH3 is 1. The summed E-state index contributed by atoms with van der Waals surface area (Å²) in [7, 11) is 1.28. The summed E-state index contributed by atoms with van der Waals surface area (Å²) >= 11 is 6.75. The molecule has 1 aromatic heterocycles. The summed E-state index contributed by atoms with van der Waals surface area (Å²) in [6.07, 6.45) is 0. The number of rotatable bonds is 4. The first kappa shape index (κ1) is 12.8. The van der Waals surface area contributed by atoms with Gasteiger partial charge in [0.2, 0.25) is 0 Å². The SMILES string of the molecule is COC(=O)c1sccc1N(CCCl)C(N)=O. The lowest BCUT2D eigenvalue weighted by molar-refractivity contribution is 0.0607. The van der Waals surface area contributed by atoms with Crippen molar-refractivity contribution in [1.82, 2.24) is 0 Å². The molecule has 1 heterocycles. The number of esters is 1. The van der Waals surface area contributed by atoms with Gasteiger partial charge in [-0.2, -0.15) is 0 Å². The monoisotopic (exact) mass is 262 g/mol. The van der Waals surface area contributed by atoms with E-state index < -0.39 is 12.0 Å². The Balaban J connectivity index is 3.05. The highest BCUT2D eigenvalue weighted by Crippen LogP contribution is 2.26. The van der Waals surface area contributed by atoms with Crippen LogP contribution in [0.1, 0.15) is 9.67 Å². The molecule has 0 aromatic carbocycles. The van der Waals surface area contributed by atoms with E-state index in [4.69, 9.17) is 17.3 Å². The molecule has 2 amide bonds. The molecule has 1 aromatic rings. The zero-order chi connectivity index (χ0) is 12.1. The summed E-state index contributed by atoms with van der Waals surface area (Å²) in [5, 5.41) is 1.69. The summed E-state index contributed by atoms with van der Waals surface area (Å²) in [4.78, 5) is 24.2. The van der Waals surface area contributed by atoms with E-state index >= 15 is 0 Å². The van der Waals surface area contributed by atoms with Gasteiger partial charge in [0.05, 0.1) is 12.8 Å². The van der Waals surface area contributed by atoms with Gasteiger partial charge >= 0.3 is 12.0 Å². The Hall–Kier alpha value is -1.27. The second kappa shape index (κ2) is 5.72. The van der Waals surface area contributed by atoms with Crippen LogP contribution in [0.4, 0.5) is 10.5 Å². The number of nitrogens with two attached hydrogens (primary N) is 1. The van der Waals surface area contributed by atoms with Crippen molar-refractivity contribution in [2.45, 2.75) is 0 Å². The molecule has 0 saturated heterocycles. The van der Waals surface area contributed by atoms with Crippen LogP contribution in [0.5, 0.6) is 0 Å². The van der Waals surface area contributed by atoms with Gasteiger partial charge in [-0.15, -0.1) is 22.9 Å². The van der Waals surface area contributed by atoms with Crippen molar-refractivity contribution in [2.75, 3.05) is 24.4 Å². The maximum atomic E-state index is 11.4. The minimum absolute atomic E-state index is 0.236. The third kappa shape index (κ3) is 2.65. The number of thiophene rings is 1. The fourth-order valence-corrected chi connectivity index (χ4v) is 2.17. The Bertz CT molecular complexity index is 394. The Morgan fingerprint density at radius 2 is 2.31 bits per heavy atom. The van der Waals surface area contributed by atoms with Gasteiger partial charge in [0.1, 0.15) is 4.88 Å². The number of anilines is 1. The van der Waals surface area contributed by atoms with Crippen LogP contribution in [0.25, 0.3) is 0 Å². The van der Waals surface area contributed by atoms with Gasteiger partial charge in [0, 0.05) is 12.4 Å². The highest BCUT2D eigenvalue weighted by molar-refractivity contribution is 7.12. The molecule has 0 radical (unpaired) electrons. The van der Waals surface area contributed by atoms with Crippen molar-refractivity contribution < 1.29 is 14.3 Å². The highest BCUT2D eigenvalue weighted by Gasteiger charge is 2.21. The van der Waals surface area contributed by atoms with Crippen LogP contribution in [-0.4, -0.2) is 31.5 Å². The summed E-state index contributed by atoms with van der Waals surface area (Å²) in [6, 6.07) is 0.984. The molecule has 0 fully saturated rings. The van der Waals surface area contributed by atoms with E-state index in [1.54, 1.807) is 11.4 Å². The number of alkyl halides is 1. The van der Waals surface area contributed by atoms with E-state index in [0.717, 1.165) is 0 Å². The molecule has 16 heavy (non-hydrogen) atoms. The minimum Gasteiger partial charge on any atom is -0.465 e. The van der Waals surface area contributed by atoms with Crippen LogP contribution < -0.4 is 10.6 Å². The molecule has 0 bridgehead atoms. The standard InChI is InChI=1S/C9H11ClN2O3S/c1-15-8(13)7-6(2-5-16-7)12(4-3-10)9(11)14/h2,5H,3-4H2,1H3,(H2,11,14). The molecule has 1 rings (SSSR count). The summed E-state index contributed by atoms with van der Waals surface area (Å²) in [6.45, 7) is 0.248. The molecule has 0 aliphatic carbocycles. The van der Waals surface area contributed by atoms with E-state index in [0.29, 0.717) is 10.6 Å². The number of halogens is 1. The number of urea groups is 1. The second-order valence-corrected chi connectivity index (χ2v) is 4.10. The van der Waals surface area contributed by atoms with Gasteiger partial charge in [-0.25, -0.2) is 9.59 Å². The lowest BCUT2D eigenvalue weighted by Crippen LogP contribution is -2.37. The van der Waals surface area contributed by atoms with Gasteiger partial charge in [-0.05, 0) is 11.4 Å². The third-order valence-corrected chi connectivity index (χ3v) is 2.93. The van der Waals surface area contributed by atoms with Crippen molar-refractivity contribution in [2.24, 2.45) is 5.73 Å². The first-order valence-electron chi connectivity index (χ1n) is 4.40. The predicted molar refractivity (Wildman–Crippen MR) is 63.3 cm³/mol. The summed E-state index contributed by atoms with van der Waals surface area (Å²) < 4.78 is 4.60. The quantitative estimate of drug-likeness (QED) is 0.662. The summed E-state index contributed by atoms with van der Waals surface area (Å²) in [5.41, 5.74) is 5.64. The minimum atomic E-state index is -0.649. The predicted octanol–water partition coefficient (Wildman–Crippen LogP) is 1.66. The molecule has 88 valence electrons. The molecule has 2 N–H and O–H groups in total. The lowest BCUT2D eigenvalue weighted by Gasteiger charge is -2.18. The molecular weight excluding hydrogens is 252 g/mol. The normalized spacial score (nSPS) is 9.88. The Kier molecular flexibility index (Phi) is 4.57. The fourth-order valence-electron chi connectivity index (χ4n) is 1.19. The Morgan fingerprint density at radius 1 is 1.62 bits per heavy atom. The van der Waals surface area contributed by atoms with Gasteiger partial charge in [-0.3, -0.25) is 4.90 Å². The van der Waals surface area contributed by atoms with Crippen molar-refractivity contribution in [3.8, 4) is 0 Å². The number of hydrogen-bond acceptors (Lipinski definition) is 4. The molecule has 0 spiro atoms. The number of primary amides is 1. The number of amides is 2. The molecule has 5 nitrogen and oxygen atoms in total. The lowest BCUT2D eigenvalue weighted by atomic mass is 10.3. The van der Waals surface area contributed by atoms with E-state index in [2.05, 4.69) is 4.74 Å². The first-order chi connectivity index (χ1) is 7.61. The van der Waals surface area contributed by atoms with Crippen molar-refractivity contribution in [3.63, 3.8) is 0 Å². The van der Waals surface area contributed by atoms with Crippen LogP contribution >= 0.6 is 22.9 Å². The van der Waals surface area contributed by atoms with Crippen molar-refractivity contribution >= 4 is 40.6 Å². The van der Waals surface area contributed by atoms with Crippen LogP contribution in [0.2, 0.25) is 0 Å². The fraction of sp³-hybridized carbons (Fsp3) is 0.333. The average Bonchev–Trinajstić information content (AvgIpc) is 2.72. The Morgan fingerprint density at radius 3 is 2.81 bits per heavy atom. The maximum absolute atomic E-state index is 11.4. The molecule has 0 unspecified atom stereocenters. The van der Waals surface area contributed by atoms with Gasteiger partial charge in [0.15, 0.2) is 0 Å². The van der Waals surface area contributed by atoms with Gasteiger partial charge in [0.25, 0.3) is 0 Å². The van der Waals surface area contributed by atoms with Crippen LogP contribution in [-0.2, 0) is 4.74 Å². The molecule has 0 aliphatic rings. The summed E-state index contributed by atoms with van der Waals surface area (Å²) in [5.74, 6) is -0.259. The maximum Gasteiger partial charge on any atom is 0.350 e. The number of carbonyl (C=O) groups excluding carboxylic acids is 2. The second-order valence-electron chi connectivity index (χ2n) is 2.81. The zero-order valence-electron chi connectivity index (χ0n) is 8.60.